The molecule has 3 rings (SSSR count). The minimum Gasteiger partial charge on any atom is -0.268 e. The Morgan fingerprint density at radius 2 is 1.72 bits per heavy atom. The summed E-state index contributed by atoms with van der Waals surface area (Å²) in [5, 5.41) is 10.3. The quantitative estimate of drug-likeness (QED) is 0.288. The Labute approximate surface area is 161 Å². The highest BCUT2D eigenvalue weighted by Crippen LogP contribution is 2.33. The molecule has 2 aromatic carbocycles. The van der Waals surface area contributed by atoms with E-state index >= 15 is 0 Å². The Balaban J connectivity index is 1.78. The molecule has 6 nitrogen and oxygen atoms in total. The van der Waals surface area contributed by atoms with E-state index in [-0.39, 0.29) is 23.4 Å². The molecule has 0 aromatic heterocycles. The van der Waals surface area contributed by atoms with Crippen molar-refractivity contribution in [1.82, 2.24) is 4.90 Å². The van der Waals surface area contributed by atoms with Gasteiger partial charge in [-0.25, -0.2) is 0 Å². The third kappa shape index (κ3) is 4.07. The summed E-state index contributed by atoms with van der Waals surface area (Å²) in [6, 6.07) is 13.4. The van der Waals surface area contributed by atoms with Gasteiger partial charge >= 0.3 is 0 Å². The van der Waals surface area contributed by atoms with Crippen molar-refractivity contribution >= 4 is 57.3 Å². The largest absolute Gasteiger partial charge is 0.293 e. The van der Waals surface area contributed by atoms with Gasteiger partial charge in [0.05, 0.1) is 16.4 Å². The molecule has 126 valence electrons. The van der Waals surface area contributed by atoms with E-state index in [2.05, 4.69) is 22.6 Å². The van der Waals surface area contributed by atoms with E-state index in [1.807, 2.05) is 24.3 Å². The first-order chi connectivity index (χ1) is 11.9. The van der Waals surface area contributed by atoms with Crippen LogP contribution in [0.5, 0.6) is 0 Å². The van der Waals surface area contributed by atoms with E-state index < -0.39 is 4.92 Å². The fourth-order valence-electron chi connectivity index (χ4n) is 2.25. The van der Waals surface area contributed by atoms with Crippen LogP contribution in [0.25, 0.3) is 6.08 Å². The second-order valence-electron chi connectivity index (χ2n) is 5.24. The second kappa shape index (κ2) is 7.36. The summed E-state index contributed by atoms with van der Waals surface area (Å²) >= 11 is 3.06. The minimum absolute atomic E-state index is 0.0241. The van der Waals surface area contributed by atoms with E-state index in [0.29, 0.717) is 10.5 Å². The van der Waals surface area contributed by atoms with Crippen LogP contribution in [0.1, 0.15) is 11.1 Å². The number of hydrogen-bond acceptors (Lipinski definition) is 5. The smallest absolute Gasteiger partial charge is 0.268 e. The zero-order valence-corrected chi connectivity index (χ0v) is 15.7. The van der Waals surface area contributed by atoms with E-state index in [1.54, 1.807) is 18.2 Å². The number of amides is 2. The molecule has 0 aliphatic carbocycles. The summed E-state index contributed by atoms with van der Waals surface area (Å²) < 4.78 is 1.08. The van der Waals surface area contributed by atoms with Crippen molar-refractivity contribution in [3.8, 4) is 0 Å². The summed E-state index contributed by atoms with van der Waals surface area (Å²) in [6.45, 7) is 0.221. The number of rotatable bonds is 4. The van der Waals surface area contributed by atoms with Crippen molar-refractivity contribution in [2.45, 2.75) is 6.54 Å². The van der Waals surface area contributed by atoms with Crippen LogP contribution in [0.2, 0.25) is 0 Å². The molecule has 0 bridgehead atoms. The highest BCUT2D eigenvalue weighted by Gasteiger charge is 2.34. The second-order valence-corrected chi connectivity index (χ2v) is 7.48. The number of hydrogen-bond donors (Lipinski definition) is 0. The summed E-state index contributed by atoms with van der Waals surface area (Å²) in [7, 11) is 0. The zero-order chi connectivity index (χ0) is 18.0. The van der Waals surface area contributed by atoms with Gasteiger partial charge in [0.15, 0.2) is 0 Å². The van der Waals surface area contributed by atoms with Gasteiger partial charge in [-0.15, -0.1) is 0 Å². The Kier molecular flexibility index (Phi) is 5.19. The van der Waals surface area contributed by atoms with Crippen molar-refractivity contribution in [3.63, 3.8) is 0 Å². The molecule has 1 aliphatic rings. The summed E-state index contributed by atoms with van der Waals surface area (Å²) in [5.41, 5.74) is 1.48. The SMILES string of the molecule is O=C1S/C(=C\c2ccc([N+](=O)[O-])cc2)C(=O)N1Cc1ccc(I)cc1. The van der Waals surface area contributed by atoms with Gasteiger partial charge in [0.25, 0.3) is 16.8 Å². The van der Waals surface area contributed by atoms with Crippen LogP contribution >= 0.6 is 34.4 Å². The lowest BCUT2D eigenvalue weighted by molar-refractivity contribution is -0.384. The Morgan fingerprint density at radius 3 is 2.32 bits per heavy atom. The van der Waals surface area contributed by atoms with Gasteiger partial charge in [0, 0.05) is 15.7 Å². The third-order valence-electron chi connectivity index (χ3n) is 3.53. The molecule has 1 aliphatic heterocycles. The number of benzene rings is 2. The topological polar surface area (TPSA) is 80.5 Å². The zero-order valence-electron chi connectivity index (χ0n) is 12.7. The maximum absolute atomic E-state index is 12.5. The number of nitrogens with zero attached hydrogens (tertiary/aromatic N) is 2. The summed E-state index contributed by atoms with van der Waals surface area (Å²) in [6.07, 6.45) is 1.57. The van der Waals surface area contributed by atoms with Crippen molar-refractivity contribution in [2.24, 2.45) is 0 Å². The van der Waals surface area contributed by atoms with Crippen LogP contribution in [0, 0.1) is 13.7 Å². The van der Waals surface area contributed by atoms with Gasteiger partial charge in [0.2, 0.25) is 0 Å². The molecular formula is C17H11IN2O4S. The molecule has 0 radical (unpaired) electrons. The Bertz CT molecular complexity index is 879. The maximum atomic E-state index is 12.5. The maximum Gasteiger partial charge on any atom is 0.293 e. The van der Waals surface area contributed by atoms with Gasteiger partial charge < -0.3 is 0 Å². The first kappa shape index (κ1) is 17.6. The van der Waals surface area contributed by atoms with Gasteiger partial charge in [-0.1, -0.05) is 12.1 Å². The molecule has 0 saturated carbocycles. The van der Waals surface area contributed by atoms with Crippen LogP contribution < -0.4 is 0 Å². The predicted molar refractivity (Wildman–Crippen MR) is 104 cm³/mol. The number of non-ortho nitro benzene ring substituents is 1. The summed E-state index contributed by atoms with van der Waals surface area (Å²) in [4.78, 5) is 36.3. The molecule has 25 heavy (non-hydrogen) atoms. The molecular weight excluding hydrogens is 455 g/mol. The molecule has 2 aromatic rings. The normalized spacial score (nSPS) is 15.9. The average Bonchev–Trinajstić information content (AvgIpc) is 2.85. The fraction of sp³-hybridized carbons (Fsp3) is 0.0588. The molecule has 0 N–H and O–H groups in total. The third-order valence-corrected chi connectivity index (χ3v) is 5.16. The van der Waals surface area contributed by atoms with Crippen LogP contribution in [0.3, 0.4) is 0 Å². The first-order valence-electron chi connectivity index (χ1n) is 7.18. The van der Waals surface area contributed by atoms with Crippen molar-refractivity contribution in [1.29, 1.82) is 0 Å². The van der Waals surface area contributed by atoms with Gasteiger partial charge in [-0.2, -0.15) is 0 Å². The number of halogens is 1. The van der Waals surface area contributed by atoms with Crippen molar-refractivity contribution < 1.29 is 14.5 Å². The molecule has 1 heterocycles. The van der Waals surface area contributed by atoms with Crippen LogP contribution in [0.4, 0.5) is 10.5 Å². The van der Waals surface area contributed by atoms with Gasteiger partial charge in [-0.05, 0) is 75.8 Å². The molecule has 0 atom stereocenters. The Morgan fingerprint density at radius 1 is 1.08 bits per heavy atom. The molecule has 2 amide bonds. The molecule has 1 saturated heterocycles. The number of carbonyl (C=O) groups excluding carboxylic acids is 2. The van der Waals surface area contributed by atoms with E-state index in [4.69, 9.17) is 0 Å². The van der Waals surface area contributed by atoms with Crippen molar-refractivity contribution in [3.05, 3.63) is 78.2 Å². The lowest BCUT2D eigenvalue weighted by Crippen LogP contribution is -2.27. The first-order valence-corrected chi connectivity index (χ1v) is 9.08. The predicted octanol–water partition coefficient (Wildman–Crippen LogP) is 4.44. The average molecular weight is 466 g/mol. The lowest BCUT2D eigenvalue weighted by atomic mass is 10.2. The van der Waals surface area contributed by atoms with Gasteiger partial charge in [0.1, 0.15) is 0 Å². The van der Waals surface area contributed by atoms with Crippen LogP contribution in [0.15, 0.2) is 53.4 Å². The number of nitro benzene ring substituents is 1. The lowest BCUT2D eigenvalue weighted by Gasteiger charge is -2.12. The highest BCUT2D eigenvalue weighted by molar-refractivity contribution is 14.1. The summed E-state index contributed by atoms with van der Waals surface area (Å²) in [5.74, 6) is -0.355. The highest BCUT2D eigenvalue weighted by atomic mass is 127. The number of imide groups is 1. The fourth-order valence-corrected chi connectivity index (χ4v) is 3.45. The van der Waals surface area contributed by atoms with Crippen LogP contribution in [-0.2, 0) is 11.3 Å². The van der Waals surface area contributed by atoms with E-state index in [9.17, 15) is 19.7 Å². The van der Waals surface area contributed by atoms with E-state index in [0.717, 1.165) is 20.9 Å². The number of carbonyl (C=O) groups is 2. The molecule has 1 fully saturated rings. The number of nitro groups is 1. The standard InChI is InChI=1S/C17H11IN2O4S/c18-13-5-1-12(2-6-13)10-19-16(21)15(25-17(19)22)9-11-3-7-14(8-4-11)20(23)24/h1-9H,10H2/b15-9-. The molecule has 0 unspecified atom stereocenters. The molecule has 0 spiro atoms. The number of thioether (sulfide) groups is 1. The Hall–Kier alpha value is -2.20. The van der Waals surface area contributed by atoms with Crippen molar-refractivity contribution in [2.75, 3.05) is 0 Å². The minimum atomic E-state index is -0.487. The monoisotopic (exact) mass is 466 g/mol. The molecule has 8 heteroatoms. The van der Waals surface area contributed by atoms with Gasteiger partial charge in [-0.3, -0.25) is 24.6 Å². The van der Waals surface area contributed by atoms with E-state index in [1.165, 1.54) is 17.0 Å². The van der Waals surface area contributed by atoms with Crippen LogP contribution in [-0.4, -0.2) is 21.0 Å².